The molecule has 1 aliphatic carbocycles. The molecule has 0 aromatic heterocycles. The molecule has 19 heavy (non-hydrogen) atoms. The predicted octanol–water partition coefficient (Wildman–Crippen LogP) is 1.92. The normalized spacial score (nSPS) is 23.7. The van der Waals surface area contributed by atoms with Crippen molar-refractivity contribution < 1.29 is 17.9 Å². The number of aliphatic hydroxyl groups is 1. The number of hydrogen-bond donors (Lipinski definition) is 2. The van der Waals surface area contributed by atoms with Crippen molar-refractivity contribution in [2.24, 2.45) is 5.92 Å². The van der Waals surface area contributed by atoms with E-state index in [4.69, 9.17) is 11.6 Å². The lowest BCUT2D eigenvalue weighted by molar-refractivity contribution is 0.134. The molecule has 1 aliphatic rings. The summed E-state index contributed by atoms with van der Waals surface area (Å²) in [5.41, 5.74) is 0. The van der Waals surface area contributed by atoms with Gasteiger partial charge in [0.15, 0.2) is 0 Å². The van der Waals surface area contributed by atoms with E-state index in [0.29, 0.717) is 6.42 Å². The Morgan fingerprint density at radius 3 is 2.74 bits per heavy atom. The summed E-state index contributed by atoms with van der Waals surface area (Å²) in [6.45, 7) is 0.179. The lowest BCUT2D eigenvalue weighted by Crippen LogP contribution is -2.32. The Kier molecular flexibility index (Phi) is 4.45. The molecule has 2 rings (SSSR count). The van der Waals surface area contributed by atoms with E-state index in [-0.39, 0.29) is 22.4 Å². The third kappa shape index (κ3) is 3.45. The maximum absolute atomic E-state index is 13.0. The fourth-order valence-corrected chi connectivity index (χ4v) is 3.57. The number of halogens is 2. The first-order valence-electron chi connectivity index (χ1n) is 6.03. The first-order valence-corrected chi connectivity index (χ1v) is 7.89. The topological polar surface area (TPSA) is 66.4 Å². The Bertz CT molecular complexity index is 564. The summed E-state index contributed by atoms with van der Waals surface area (Å²) < 4.78 is 39.4. The van der Waals surface area contributed by atoms with Crippen molar-refractivity contribution in [3.63, 3.8) is 0 Å². The van der Waals surface area contributed by atoms with E-state index < -0.39 is 21.9 Å². The summed E-state index contributed by atoms with van der Waals surface area (Å²) in [4.78, 5) is -0.0774. The SMILES string of the molecule is O=S(=O)(NCC1CCCC1O)c1ccc(F)c(Cl)c1. The van der Waals surface area contributed by atoms with Gasteiger partial charge in [0.25, 0.3) is 0 Å². The van der Waals surface area contributed by atoms with Crippen molar-refractivity contribution in [3.05, 3.63) is 29.0 Å². The third-order valence-electron chi connectivity index (χ3n) is 3.36. The zero-order valence-electron chi connectivity index (χ0n) is 10.1. The number of hydrogen-bond acceptors (Lipinski definition) is 3. The lowest BCUT2D eigenvalue weighted by atomic mass is 10.1. The minimum absolute atomic E-state index is 0.0642. The van der Waals surface area contributed by atoms with Crippen LogP contribution in [0.5, 0.6) is 0 Å². The van der Waals surface area contributed by atoms with Crippen LogP contribution in [0.2, 0.25) is 5.02 Å². The maximum Gasteiger partial charge on any atom is 0.240 e. The van der Waals surface area contributed by atoms with Crippen molar-refractivity contribution in [2.45, 2.75) is 30.3 Å². The number of sulfonamides is 1. The second-order valence-electron chi connectivity index (χ2n) is 4.69. The maximum atomic E-state index is 13.0. The van der Waals surface area contributed by atoms with Crippen LogP contribution < -0.4 is 4.72 Å². The molecule has 0 aliphatic heterocycles. The molecule has 1 saturated carbocycles. The van der Waals surface area contributed by atoms with Gasteiger partial charge >= 0.3 is 0 Å². The number of benzene rings is 1. The van der Waals surface area contributed by atoms with Crippen molar-refractivity contribution >= 4 is 21.6 Å². The molecule has 0 radical (unpaired) electrons. The van der Waals surface area contributed by atoms with Crippen molar-refractivity contribution in [1.82, 2.24) is 4.72 Å². The minimum Gasteiger partial charge on any atom is -0.393 e. The first kappa shape index (κ1) is 14.7. The standard InChI is InChI=1S/C12H15ClFNO3S/c13-10-6-9(4-5-11(10)14)19(17,18)15-7-8-2-1-3-12(8)16/h4-6,8,12,15-16H,1-3,7H2. The molecule has 1 fully saturated rings. The molecular formula is C12H15ClFNO3S. The lowest BCUT2D eigenvalue weighted by Gasteiger charge is -2.15. The van der Waals surface area contributed by atoms with E-state index in [1.165, 1.54) is 0 Å². The van der Waals surface area contributed by atoms with E-state index in [1.54, 1.807) is 0 Å². The monoisotopic (exact) mass is 307 g/mol. The highest BCUT2D eigenvalue weighted by molar-refractivity contribution is 7.89. The molecule has 0 saturated heterocycles. The summed E-state index contributed by atoms with van der Waals surface area (Å²) in [5, 5.41) is 9.40. The van der Waals surface area contributed by atoms with Gasteiger partial charge in [-0.15, -0.1) is 0 Å². The van der Waals surface area contributed by atoms with Crippen LogP contribution in [0.15, 0.2) is 23.1 Å². The summed E-state index contributed by atoms with van der Waals surface area (Å²) in [5.74, 6) is -0.725. The quantitative estimate of drug-likeness (QED) is 0.893. The number of nitrogens with one attached hydrogen (secondary N) is 1. The van der Waals surface area contributed by atoms with Crippen LogP contribution in [0.3, 0.4) is 0 Å². The van der Waals surface area contributed by atoms with Gasteiger partial charge in [-0.3, -0.25) is 0 Å². The van der Waals surface area contributed by atoms with E-state index in [2.05, 4.69) is 4.72 Å². The molecule has 0 bridgehead atoms. The highest BCUT2D eigenvalue weighted by atomic mass is 35.5. The van der Waals surface area contributed by atoms with Crippen LogP contribution >= 0.6 is 11.6 Å². The van der Waals surface area contributed by atoms with Crippen molar-refractivity contribution in [1.29, 1.82) is 0 Å². The zero-order valence-corrected chi connectivity index (χ0v) is 11.7. The smallest absolute Gasteiger partial charge is 0.240 e. The van der Waals surface area contributed by atoms with Gasteiger partial charge in [0, 0.05) is 6.54 Å². The van der Waals surface area contributed by atoms with E-state index >= 15 is 0 Å². The largest absolute Gasteiger partial charge is 0.393 e. The Hall–Kier alpha value is -0.690. The van der Waals surface area contributed by atoms with Crippen LogP contribution in [0.25, 0.3) is 0 Å². The van der Waals surface area contributed by atoms with Gasteiger partial charge in [0.05, 0.1) is 16.0 Å². The van der Waals surface area contributed by atoms with Gasteiger partial charge < -0.3 is 5.11 Å². The molecular weight excluding hydrogens is 293 g/mol. The molecule has 0 heterocycles. The number of aliphatic hydroxyl groups excluding tert-OH is 1. The highest BCUT2D eigenvalue weighted by Gasteiger charge is 2.27. The molecule has 2 N–H and O–H groups in total. The summed E-state index contributed by atoms with van der Waals surface area (Å²) >= 11 is 5.56. The van der Waals surface area contributed by atoms with Crippen LogP contribution in [-0.2, 0) is 10.0 Å². The van der Waals surface area contributed by atoms with Crippen molar-refractivity contribution in [3.8, 4) is 0 Å². The van der Waals surface area contributed by atoms with Gasteiger partial charge in [-0.05, 0) is 37.0 Å². The fourth-order valence-electron chi connectivity index (χ4n) is 2.20. The summed E-state index contributed by atoms with van der Waals surface area (Å²) in [7, 11) is -3.72. The molecule has 1 aromatic rings. The van der Waals surface area contributed by atoms with Crippen LogP contribution in [0.4, 0.5) is 4.39 Å². The molecule has 2 atom stereocenters. The van der Waals surface area contributed by atoms with Gasteiger partial charge in [-0.25, -0.2) is 17.5 Å². The molecule has 106 valence electrons. The molecule has 4 nitrogen and oxygen atoms in total. The van der Waals surface area contributed by atoms with Gasteiger partial charge in [-0.2, -0.15) is 0 Å². The molecule has 2 unspecified atom stereocenters. The van der Waals surface area contributed by atoms with Crippen LogP contribution in [0, 0.1) is 11.7 Å². The summed E-state index contributed by atoms with van der Waals surface area (Å²) in [6.07, 6.45) is 1.94. The van der Waals surface area contributed by atoms with Gasteiger partial charge in [-0.1, -0.05) is 18.0 Å². The number of rotatable bonds is 4. The molecule has 1 aromatic carbocycles. The average Bonchev–Trinajstić information content (AvgIpc) is 2.76. The highest BCUT2D eigenvalue weighted by Crippen LogP contribution is 2.25. The van der Waals surface area contributed by atoms with Crippen molar-refractivity contribution in [2.75, 3.05) is 6.54 Å². The van der Waals surface area contributed by atoms with Crippen LogP contribution in [-0.4, -0.2) is 26.2 Å². The first-order chi connectivity index (χ1) is 8.90. The average molecular weight is 308 g/mol. The third-order valence-corrected chi connectivity index (χ3v) is 5.07. The minimum atomic E-state index is -3.72. The molecule has 0 spiro atoms. The van der Waals surface area contributed by atoms with E-state index in [0.717, 1.165) is 31.0 Å². The Morgan fingerprint density at radius 2 is 2.16 bits per heavy atom. The van der Waals surface area contributed by atoms with E-state index in [9.17, 15) is 17.9 Å². The molecule has 7 heteroatoms. The Labute approximate surface area is 116 Å². The Balaban J connectivity index is 2.07. The Morgan fingerprint density at radius 1 is 1.42 bits per heavy atom. The fraction of sp³-hybridized carbons (Fsp3) is 0.500. The zero-order chi connectivity index (χ0) is 14.0. The van der Waals surface area contributed by atoms with Crippen LogP contribution in [0.1, 0.15) is 19.3 Å². The van der Waals surface area contributed by atoms with E-state index in [1.807, 2.05) is 0 Å². The second kappa shape index (κ2) is 5.75. The second-order valence-corrected chi connectivity index (χ2v) is 6.86. The van der Waals surface area contributed by atoms with Gasteiger partial charge in [0.2, 0.25) is 10.0 Å². The van der Waals surface area contributed by atoms with Gasteiger partial charge in [0.1, 0.15) is 5.82 Å². The molecule has 0 amide bonds. The summed E-state index contributed by atoms with van der Waals surface area (Å²) in [6, 6.07) is 3.25. The predicted molar refractivity (Wildman–Crippen MR) is 69.9 cm³/mol.